The van der Waals surface area contributed by atoms with Gasteiger partial charge in [-0.1, -0.05) is 0 Å². The lowest BCUT2D eigenvalue weighted by atomic mass is 9.97. The summed E-state index contributed by atoms with van der Waals surface area (Å²) in [5.74, 6) is 0.706. The Kier molecular flexibility index (Phi) is 4.14. The molecule has 0 saturated heterocycles. The highest BCUT2D eigenvalue weighted by Crippen LogP contribution is 2.33. The van der Waals surface area contributed by atoms with Crippen molar-refractivity contribution in [3.05, 3.63) is 26.6 Å². The van der Waals surface area contributed by atoms with Gasteiger partial charge in [-0.05, 0) is 31.2 Å². The third-order valence-corrected chi connectivity index (χ3v) is 4.84. The third kappa shape index (κ3) is 2.63. The van der Waals surface area contributed by atoms with Crippen LogP contribution in [0.2, 0.25) is 0 Å². The SMILES string of the molecule is COCCNCc1nc2sc3c(c2c(=O)[nH]1)CCCC3. The van der Waals surface area contributed by atoms with E-state index >= 15 is 0 Å². The molecular weight excluding hydrogens is 274 g/mol. The van der Waals surface area contributed by atoms with E-state index in [1.165, 1.54) is 23.3 Å². The number of thiophene rings is 1. The summed E-state index contributed by atoms with van der Waals surface area (Å²) in [5, 5.41) is 4.03. The van der Waals surface area contributed by atoms with Crippen molar-refractivity contribution in [1.29, 1.82) is 0 Å². The average molecular weight is 293 g/mol. The van der Waals surface area contributed by atoms with E-state index in [0.29, 0.717) is 19.0 Å². The Balaban J connectivity index is 1.88. The molecule has 2 aromatic heterocycles. The van der Waals surface area contributed by atoms with E-state index in [1.54, 1.807) is 18.4 Å². The van der Waals surface area contributed by atoms with Crippen molar-refractivity contribution in [2.24, 2.45) is 0 Å². The second-order valence-corrected chi connectivity index (χ2v) is 6.16. The summed E-state index contributed by atoms with van der Waals surface area (Å²) >= 11 is 1.69. The molecule has 0 saturated carbocycles. The van der Waals surface area contributed by atoms with Crippen LogP contribution in [0.3, 0.4) is 0 Å². The minimum Gasteiger partial charge on any atom is -0.383 e. The van der Waals surface area contributed by atoms with E-state index in [9.17, 15) is 4.79 Å². The summed E-state index contributed by atoms with van der Waals surface area (Å²) < 4.78 is 4.98. The number of nitrogens with one attached hydrogen (secondary N) is 2. The van der Waals surface area contributed by atoms with E-state index in [4.69, 9.17) is 4.74 Å². The lowest BCUT2D eigenvalue weighted by molar-refractivity contribution is 0.199. The highest BCUT2D eigenvalue weighted by atomic mass is 32.1. The number of aryl methyl sites for hydroxylation is 2. The quantitative estimate of drug-likeness (QED) is 0.822. The van der Waals surface area contributed by atoms with Crippen LogP contribution in [0.4, 0.5) is 0 Å². The van der Waals surface area contributed by atoms with Crippen LogP contribution in [-0.2, 0) is 24.1 Å². The summed E-state index contributed by atoms with van der Waals surface area (Å²) in [5.41, 5.74) is 1.25. The molecule has 6 heteroatoms. The van der Waals surface area contributed by atoms with Crippen molar-refractivity contribution in [2.45, 2.75) is 32.2 Å². The van der Waals surface area contributed by atoms with Crippen molar-refractivity contribution in [2.75, 3.05) is 20.3 Å². The van der Waals surface area contributed by atoms with E-state index in [0.717, 1.165) is 29.6 Å². The van der Waals surface area contributed by atoms with Crippen molar-refractivity contribution < 1.29 is 4.74 Å². The summed E-state index contributed by atoms with van der Waals surface area (Å²) in [6.45, 7) is 1.97. The van der Waals surface area contributed by atoms with Crippen molar-refractivity contribution in [1.82, 2.24) is 15.3 Å². The molecule has 0 fully saturated rings. The number of ether oxygens (including phenoxy) is 1. The number of hydrogen-bond acceptors (Lipinski definition) is 5. The van der Waals surface area contributed by atoms with Crippen molar-refractivity contribution in [3.63, 3.8) is 0 Å². The number of rotatable bonds is 5. The van der Waals surface area contributed by atoms with E-state index in [1.807, 2.05) is 0 Å². The number of hydrogen-bond donors (Lipinski definition) is 2. The first-order chi connectivity index (χ1) is 9.79. The molecule has 5 nitrogen and oxygen atoms in total. The Morgan fingerprint density at radius 2 is 2.25 bits per heavy atom. The Labute approximate surface area is 121 Å². The zero-order valence-corrected chi connectivity index (χ0v) is 12.4. The number of aromatic amines is 1. The first kappa shape index (κ1) is 13.7. The molecular formula is C14H19N3O2S. The predicted octanol–water partition coefficient (Wildman–Crippen LogP) is 1.60. The smallest absolute Gasteiger partial charge is 0.259 e. The summed E-state index contributed by atoms with van der Waals surface area (Å²) in [6, 6.07) is 0. The van der Waals surface area contributed by atoms with Crippen LogP contribution in [0.15, 0.2) is 4.79 Å². The number of fused-ring (bicyclic) bond motifs is 3. The van der Waals surface area contributed by atoms with Crippen LogP contribution in [-0.4, -0.2) is 30.2 Å². The Hall–Kier alpha value is -1.24. The van der Waals surface area contributed by atoms with Gasteiger partial charge in [0, 0.05) is 18.5 Å². The zero-order valence-electron chi connectivity index (χ0n) is 11.6. The first-order valence-corrected chi connectivity index (χ1v) is 7.84. The van der Waals surface area contributed by atoms with Gasteiger partial charge in [0.25, 0.3) is 5.56 Å². The lowest BCUT2D eigenvalue weighted by Crippen LogP contribution is -2.22. The van der Waals surface area contributed by atoms with E-state index in [2.05, 4.69) is 15.3 Å². The molecule has 0 unspecified atom stereocenters. The molecule has 20 heavy (non-hydrogen) atoms. The summed E-state index contributed by atoms with van der Waals surface area (Å²) in [6.07, 6.45) is 4.52. The normalized spacial score (nSPS) is 14.7. The standard InChI is InChI=1S/C14H19N3O2S/c1-19-7-6-15-8-11-16-13(18)12-9-4-2-3-5-10(9)20-14(12)17-11/h15H,2-8H2,1H3,(H,16,17,18). The molecule has 0 radical (unpaired) electrons. The van der Waals surface area contributed by atoms with Gasteiger partial charge >= 0.3 is 0 Å². The molecule has 2 N–H and O–H groups in total. The molecule has 0 aromatic carbocycles. The Morgan fingerprint density at radius 1 is 1.40 bits per heavy atom. The molecule has 0 bridgehead atoms. The van der Waals surface area contributed by atoms with Crippen LogP contribution >= 0.6 is 11.3 Å². The van der Waals surface area contributed by atoms with E-state index < -0.39 is 0 Å². The second-order valence-electron chi connectivity index (χ2n) is 5.07. The maximum absolute atomic E-state index is 12.3. The highest BCUT2D eigenvalue weighted by Gasteiger charge is 2.19. The topological polar surface area (TPSA) is 67.0 Å². The maximum atomic E-state index is 12.3. The minimum atomic E-state index is 0.0120. The number of aromatic nitrogens is 2. The van der Waals surface area contributed by atoms with Gasteiger partial charge in [0.1, 0.15) is 10.7 Å². The first-order valence-electron chi connectivity index (χ1n) is 7.02. The minimum absolute atomic E-state index is 0.0120. The molecule has 0 spiro atoms. The van der Waals surface area contributed by atoms with Gasteiger partial charge in [0.15, 0.2) is 0 Å². The van der Waals surface area contributed by atoms with Crippen LogP contribution in [0.1, 0.15) is 29.1 Å². The number of methoxy groups -OCH3 is 1. The molecule has 3 rings (SSSR count). The Morgan fingerprint density at radius 3 is 3.10 bits per heavy atom. The van der Waals surface area contributed by atoms with Gasteiger partial charge in [0.2, 0.25) is 0 Å². The fourth-order valence-corrected chi connectivity index (χ4v) is 3.95. The van der Waals surface area contributed by atoms with Crippen LogP contribution in [0, 0.1) is 0 Å². The van der Waals surface area contributed by atoms with Gasteiger partial charge in [-0.15, -0.1) is 11.3 Å². The molecule has 1 aliphatic rings. The molecule has 0 atom stereocenters. The predicted molar refractivity (Wildman–Crippen MR) is 80.5 cm³/mol. The van der Waals surface area contributed by atoms with Gasteiger partial charge in [-0.2, -0.15) is 0 Å². The van der Waals surface area contributed by atoms with Crippen LogP contribution in [0.5, 0.6) is 0 Å². The maximum Gasteiger partial charge on any atom is 0.259 e. The van der Waals surface area contributed by atoms with Crippen molar-refractivity contribution in [3.8, 4) is 0 Å². The monoisotopic (exact) mass is 293 g/mol. The zero-order chi connectivity index (χ0) is 13.9. The lowest BCUT2D eigenvalue weighted by Gasteiger charge is -2.09. The van der Waals surface area contributed by atoms with Crippen LogP contribution < -0.4 is 10.9 Å². The van der Waals surface area contributed by atoms with E-state index in [-0.39, 0.29) is 5.56 Å². The molecule has 1 aliphatic carbocycles. The molecule has 2 heterocycles. The second kappa shape index (κ2) is 6.03. The molecule has 0 amide bonds. The fraction of sp³-hybridized carbons (Fsp3) is 0.571. The number of nitrogens with zero attached hydrogens (tertiary/aromatic N) is 1. The number of H-pyrrole nitrogens is 1. The summed E-state index contributed by atoms with van der Waals surface area (Å²) in [4.78, 5) is 22.0. The molecule has 0 aliphatic heterocycles. The largest absolute Gasteiger partial charge is 0.383 e. The third-order valence-electron chi connectivity index (χ3n) is 3.65. The van der Waals surface area contributed by atoms with Gasteiger partial charge in [-0.25, -0.2) is 4.98 Å². The van der Waals surface area contributed by atoms with Gasteiger partial charge < -0.3 is 15.0 Å². The molecule has 2 aromatic rings. The van der Waals surface area contributed by atoms with Gasteiger partial charge in [-0.3, -0.25) is 4.79 Å². The Bertz CT molecular complexity index is 662. The van der Waals surface area contributed by atoms with Crippen LogP contribution in [0.25, 0.3) is 10.2 Å². The summed E-state index contributed by atoms with van der Waals surface area (Å²) in [7, 11) is 1.67. The fourth-order valence-electron chi connectivity index (χ4n) is 2.67. The highest BCUT2D eigenvalue weighted by molar-refractivity contribution is 7.18. The van der Waals surface area contributed by atoms with Gasteiger partial charge in [0.05, 0.1) is 18.5 Å². The average Bonchev–Trinajstić information content (AvgIpc) is 2.82. The molecule has 108 valence electrons. The van der Waals surface area contributed by atoms with Crippen molar-refractivity contribution >= 4 is 21.6 Å².